The third kappa shape index (κ3) is 3.63. The smallest absolute Gasteiger partial charge is 0.335 e. The molecule has 30 heavy (non-hydrogen) atoms. The van der Waals surface area contributed by atoms with Crippen LogP contribution in [0.4, 0.5) is 5.13 Å². The molecule has 4 rings (SSSR count). The lowest BCUT2D eigenvalue weighted by molar-refractivity contribution is 0.430. The Bertz CT molecular complexity index is 1460. The molecule has 2 aromatic carbocycles. The predicted octanol–water partition coefficient (Wildman–Crippen LogP) is 3.47. The van der Waals surface area contributed by atoms with Gasteiger partial charge in [-0.25, -0.2) is 19.3 Å². The van der Waals surface area contributed by atoms with Crippen LogP contribution in [0.15, 0.2) is 61.9 Å². The summed E-state index contributed by atoms with van der Waals surface area (Å²) in [5.41, 5.74) is 0.261. The van der Waals surface area contributed by atoms with Crippen molar-refractivity contribution in [3.05, 3.63) is 74.4 Å². The second-order valence-corrected chi connectivity index (χ2v) is 8.06. The average Bonchev–Trinajstić information content (AvgIpc) is 3.11. The molecular weight excluding hydrogens is 422 g/mol. The minimum absolute atomic E-state index is 0.155. The molecule has 0 fully saturated rings. The van der Waals surface area contributed by atoms with Crippen molar-refractivity contribution in [3.63, 3.8) is 0 Å². The fraction of sp³-hybridized carbons (Fsp3) is 0.0500. The van der Waals surface area contributed by atoms with E-state index in [4.69, 9.17) is 5.26 Å². The first kappa shape index (κ1) is 19.6. The first-order valence-electron chi connectivity index (χ1n) is 8.63. The number of aromatic hydroxyl groups is 1. The van der Waals surface area contributed by atoms with E-state index in [1.54, 1.807) is 37.3 Å². The fourth-order valence-corrected chi connectivity index (χ4v) is 4.22. The van der Waals surface area contributed by atoms with Crippen LogP contribution in [-0.2, 0) is 0 Å². The summed E-state index contributed by atoms with van der Waals surface area (Å²) in [6.45, 7) is 1.79. The van der Waals surface area contributed by atoms with E-state index in [0.29, 0.717) is 16.3 Å². The average molecular weight is 435 g/mol. The molecule has 0 aliphatic heterocycles. The van der Waals surface area contributed by atoms with Gasteiger partial charge in [0.1, 0.15) is 11.0 Å². The summed E-state index contributed by atoms with van der Waals surface area (Å²) < 4.78 is 1.87. The summed E-state index contributed by atoms with van der Waals surface area (Å²) in [5, 5.41) is 21.8. The lowest BCUT2D eigenvalue weighted by Crippen LogP contribution is -2.31. The van der Waals surface area contributed by atoms with E-state index >= 15 is 0 Å². The van der Waals surface area contributed by atoms with E-state index in [9.17, 15) is 14.7 Å². The second kappa shape index (κ2) is 7.98. The highest BCUT2D eigenvalue weighted by atomic mass is 32.2. The Morgan fingerprint density at radius 2 is 2.10 bits per heavy atom. The minimum atomic E-state index is -0.750. The topological polar surface area (TPSA) is 124 Å². The number of hydrogen-bond donors (Lipinski definition) is 2. The van der Waals surface area contributed by atoms with Gasteiger partial charge in [0, 0.05) is 11.1 Å². The Labute approximate surface area is 177 Å². The van der Waals surface area contributed by atoms with Crippen LogP contribution >= 0.6 is 23.1 Å². The Morgan fingerprint density at radius 1 is 1.30 bits per heavy atom. The van der Waals surface area contributed by atoms with Gasteiger partial charge >= 0.3 is 5.69 Å². The number of thioether (sulfide) groups is 1. The second-order valence-electron chi connectivity index (χ2n) is 6.20. The molecular formula is C20H13N5O3S2. The molecule has 2 N–H and O–H groups in total. The summed E-state index contributed by atoms with van der Waals surface area (Å²) in [6, 6.07) is 12.4. The zero-order valence-electron chi connectivity index (χ0n) is 15.5. The summed E-state index contributed by atoms with van der Waals surface area (Å²) in [7, 11) is 0. The number of H-pyrrole nitrogens is 1. The van der Waals surface area contributed by atoms with E-state index in [-0.39, 0.29) is 5.56 Å². The molecule has 0 atom stereocenters. The molecule has 0 spiro atoms. The van der Waals surface area contributed by atoms with Gasteiger partial charge in [0.2, 0.25) is 11.0 Å². The van der Waals surface area contributed by atoms with Gasteiger partial charge in [0.05, 0.1) is 15.9 Å². The highest BCUT2D eigenvalue weighted by Crippen LogP contribution is 2.31. The number of thiocyanates is 1. The standard InChI is InChI=1S/C20H13N5O3S2/c1-11-4-2-3-5-15(11)25-18(27)13(17(26)24-20(25)28)9-22-19-23-14-7-6-12(29-10-21)8-16(14)30-19/h2-9,27H,1H3,(H,24,26,28). The number of nitrogens with one attached hydrogen (secondary N) is 1. The summed E-state index contributed by atoms with van der Waals surface area (Å²) >= 11 is 2.33. The van der Waals surface area contributed by atoms with Gasteiger partial charge in [0.25, 0.3) is 5.56 Å². The third-order valence-corrected chi connectivity index (χ3v) is 5.80. The number of rotatable bonds is 4. The predicted molar refractivity (Wildman–Crippen MR) is 117 cm³/mol. The van der Waals surface area contributed by atoms with Crippen molar-refractivity contribution < 1.29 is 5.11 Å². The van der Waals surface area contributed by atoms with Gasteiger partial charge in [-0.1, -0.05) is 29.5 Å². The molecule has 4 aromatic rings. The SMILES string of the molecule is Cc1ccccc1-n1c(O)c(C=Nc2nc3ccc(SC#N)cc3s2)c(=O)[nH]c1=O. The Balaban J connectivity index is 1.77. The lowest BCUT2D eigenvalue weighted by atomic mass is 10.2. The molecule has 0 aliphatic carbocycles. The molecule has 0 saturated carbocycles. The maximum Gasteiger partial charge on any atom is 0.335 e. The van der Waals surface area contributed by atoms with Crippen molar-refractivity contribution in [1.29, 1.82) is 5.26 Å². The highest BCUT2D eigenvalue weighted by Gasteiger charge is 2.15. The number of hydrogen-bond acceptors (Lipinski definition) is 8. The molecule has 0 radical (unpaired) electrons. The number of aryl methyl sites for hydroxylation is 1. The first-order valence-corrected chi connectivity index (χ1v) is 10.3. The number of benzene rings is 2. The molecule has 148 valence electrons. The highest BCUT2D eigenvalue weighted by molar-refractivity contribution is 8.03. The molecule has 2 aromatic heterocycles. The summed E-state index contributed by atoms with van der Waals surface area (Å²) in [6.07, 6.45) is 1.19. The van der Waals surface area contributed by atoms with Gasteiger partial charge in [-0.05, 0) is 48.5 Å². The molecule has 0 amide bonds. The zero-order valence-corrected chi connectivity index (χ0v) is 17.1. The largest absolute Gasteiger partial charge is 0.493 e. The van der Waals surface area contributed by atoms with Crippen LogP contribution < -0.4 is 11.2 Å². The van der Waals surface area contributed by atoms with Gasteiger partial charge in [-0.3, -0.25) is 9.78 Å². The molecule has 2 heterocycles. The number of thiazole rings is 1. The normalized spacial score (nSPS) is 11.2. The maximum absolute atomic E-state index is 12.3. The molecule has 0 saturated heterocycles. The number of aliphatic imine (C=N–C) groups is 1. The molecule has 10 heteroatoms. The summed E-state index contributed by atoms with van der Waals surface area (Å²) in [5.74, 6) is -0.504. The molecule has 0 aliphatic rings. The monoisotopic (exact) mass is 435 g/mol. The molecule has 0 bridgehead atoms. The lowest BCUT2D eigenvalue weighted by Gasteiger charge is -2.11. The van der Waals surface area contributed by atoms with E-state index in [0.717, 1.165) is 31.5 Å². The van der Waals surface area contributed by atoms with Crippen molar-refractivity contribution in [2.24, 2.45) is 4.99 Å². The quantitative estimate of drug-likeness (QED) is 0.287. The fourth-order valence-electron chi connectivity index (χ4n) is 2.88. The van der Waals surface area contributed by atoms with Crippen molar-refractivity contribution in [1.82, 2.24) is 14.5 Å². The number of fused-ring (bicyclic) bond motifs is 1. The van der Waals surface area contributed by atoms with Gasteiger partial charge in [-0.2, -0.15) is 5.26 Å². The number of aromatic amines is 1. The summed E-state index contributed by atoms with van der Waals surface area (Å²) in [4.78, 5) is 36.2. The first-order chi connectivity index (χ1) is 14.5. The van der Waals surface area contributed by atoms with Crippen LogP contribution in [0.2, 0.25) is 0 Å². The number of nitrogens with zero attached hydrogens (tertiary/aromatic N) is 4. The van der Waals surface area contributed by atoms with E-state index < -0.39 is 17.1 Å². The minimum Gasteiger partial charge on any atom is -0.493 e. The van der Waals surface area contributed by atoms with Gasteiger partial charge in [-0.15, -0.1) is 0 Å². The van der Waals surface area contributed by atoms with Crippen LogP contribution in [0.1, 0.15) is 11.1 Å². The Morgan fingerprint density at radius 3 is 2.87 bits per heavy atom. The Kier molecular flexibility index (Phi) is 5.22. The molecule has 0 unspecified atom stereocenters. The zero-order chi connectivity index (χ0) is 21.3. The number of aromatic nitrogens is 3. The van der Waals surface area contributed by atoms with Crippen molar-refractivity contribution in [2.75, 3.05) is 0 Å². The maximum atomic E-state index is 12.3. The van der Waals surface area contributed by atoms with Crippen molar-refractivity contribution in [2.45, 2.75) is 11.8 Å². The number of para-hydroxylation sites is 1. The van der Waals surface area contributed by atoms with Crippen molar-refractivity contribution >= 4 is 44.7 Å². The molecule has 8 nitrogen and oxygen atoms in total. The van der Waals surface area contributed by atoms with E-state index in [1.165, 1.54) is 17.6 Å². The van der Waals surface area contributed by atoms with E-state index in [1.807, 2.05) is 17.5 Å². The van der Waals surface area contributed by atoms with Gasteiger partial charge < -0.3 is 5.11 Å². The van der Waals surface area contributed by atoms with Gasteiger partial charge in [0.15, 0.2) is 0 Å². The Hall–Kier alpha value is -3.68. The van der Waals surface area contributed by atoms with Crippen LogP contribution in [-0.4, -0.2) is 25.9 Å². The van der Waals surface area contributed by atoms with Crippen LogP contribution in [0.25, 0.3) is 15.9 Å². The van der Waals surface area contributed by atoms with Crippen molar-refractivity contribution in [3.8, 4) is 17.0 Å². The van der Waals surface area contributed by atoms with Crippen LogP contribution in [0.3, 0.4) is 0 Å². The van der Waals surface area contributed by atoms with Crippen LogP contribution in [0, 0.1) is 17.6 Å². The number of nitriles is 1. The third-order valence-electron chi connectivity index (χ3n) is 4.29. The van der Waals surface area contributed by atoms with E-state index in [2.05, 4.69) is 15.0 Å². The van der Waals surface area contributed by atoms with Crippen LogP contribution in [0.5, 0.6) is 5.88 Å².